The molecule has 5 nitrogen and oxygen atoms in total. The number of hydrogen-bond acceptors (Lipinski definition) is 4. The highest BCUT2D eigenvalue weighted by Crippen LogP contribution is 2.19. The Labute approximate surface area is 146 Å². The van der Waals surface area contributed by atoms with Crippen LogP contribution in [0.25, 0.3) is 0 Å². The predicted molar refractivity (Wildman–Crippen MR) is 94.7 cm³/mol. The first-order valence-electron chi connectivity index (χ1n) is 7.93. The highest BCUT2D eigenvalue weighted by atomic mass is 35.5. The highest BCUT2D eigenvalue weighted by Gasteiger charge is 2.22. The lowest BCUT2D eigenvalue weighted by molar-refractivity contribution is -0.130. The zero-order valence-corrected chi connectivity index (χ0v) is 14.4. The number of carbonyl (C=O) groups is 1. The van der Waals surface area contributed by atoms with E-state index in [0.29, 0.717) is 24.5 Å². The largest absolute Gasteiger partial charge is 0.495 e. The molecule has 1 amide bonds. The number of rotatable bonds is 4. The maximum absolute atomic E-state index is 12.5. The van der Waals surface area contributed by atoms with Crippen molar-refractivity contribution in [2.24, 2.45) is 0 Å². The van der Waals surface area contributed by atoms with Gasteiger partial charge in [0.25, 0.3) is 0 Å². The average Bonchev–Trinajstić information content (AvgIpc) is 2.64. The van der Waals surface area contributed by atoms with Gasteiger partial charge in [0.1, 0.15) is 11.6 Å². The highest BCUT2D eigenvalue weighted by molar-refractivity contribution is 6.31. The van der Waals surface area contributed by atoms with Crippen LogP contribution in [0.1, 0.15) is 5.56 Å². The second-order valence-corrected chi connectivity index (χ2v) is 6.10. The minimum Gasteiger partial charge on any atom is -0.495 e. The Kier molecular flexibility index (Phi) is 5.20. The molecule has 1 aromatic heterocycles. The van der Waals surface area contributed by atoms with Gasteiger partial charge < -0.3 is 14.5 Å². The summed E-state index contributed by atoms with van der Waals surface area (Å²) in [5.74, 6) is 1.77. The summed E-state index contributed by atoms with van der Waals surface area (Å²) in [5, 5.41) is 0.645. The fourth-order valence-electron chi connectivity index (χ4n) is 2.78. The first kappa shape index (κ1) is 16.6. The van der Waals surface area contributed by atoms with Crippen LogP contribution in [0.15, 0.2) is 42.6 Å². The van der Waals surface area contributed by atoms with E-state index in [0.717, 1.165) is 30.2 Å². The fraction of sp³-hybridized carbons (Fsp3) is 0.333. The van der Waals surface area contributed by atoms with E-state index in [1.807, 2.05) is 41.3 Å². The van der Waals surface area contributed by atoms with E-state index in [9.17, 15) is 4.79 Å². The molecule has 0 saturated carbocycles. The summed E-state index contributed by atoms with van der Waals surface area (Å²) in [4.78, 5) is 20.9. The molecule has 0 N–H and O–H groups in total. The minimum absolute atomic E-state index is 0.116. The Bertz CT molecular complexity index is 698. The van der Waals surface area contributed by atoms with Gasteiger partial charge in [-0.1, -0.05) is 29.8 Å². The van der Waals surface area contributed by atoms with Crippen LogP contribution >= 0.6 is 11.6 Å². The molecule has 126 valence electrons. The molecule has 0 spiro atoms. The number of nitrogens with zero attached hydrogens (tertiary/aromatic N) is 3. The van der Waals surface area contributed by atoms with Crippen molar-refractivity contribution in [1.82, 2.24) is 9.88 Å². The molecule has 1 fully saturated rings. The standard InChI is InChI=1S/C18H20ClN3O2/c1-24-15-6-7-17(20-13-15)21-8-10-22(11-9-21)18(23)12-14-4-2-3-5-16(14)19/h2-7,13H,8-12H2,1H3. The van der Waals surface area contributed by atoms with Crippen LogP contribution in [-0.4, -0.2) is 49.1 Å². The molecule has 6 heteroatoms. The zero-order valence-electron chi connectivity index (χ0n) is 13.6. The molecule has 2 aromatic rings. The van der Waals surface area contributed by atoms with E-state index in [2.05, 4.69) is 9.88 Å². The third-order valence-corrected chi connectivity index (χ3v) is 4.58. The predicted octanol–water partition coefficient (Wildman–Crippen LogP) is 2.63. The van der Waals surface area contributed by atoms with E-state index in [-0.39, 0.29) is 5.91 Å². The number of hydrogen-bond donors (Lipinski definition) is 0. The van der Waals surface area contributed by atoms with Crippen molar-refractivity contribution in [3.63, 3.8) is 0 Å². The first-order valence-corrected chi connectivity index (χ1v) is 8.31. The zero-order chi connectivity index (χ0) is 16.9. The molecule has 24 heavy (non-hydrogen) atoms. The van der Waals surface area contributed by atoms with Crippen molar-refractivity contribution in [2.45, 2.75) is 6.42 Å². The summed E-state index contributed by atoms with van der Waals surface area (Å²) in [6, 6.07) is 11.3. The van der Waals surface area contributed by atoms with Crippen molar-refractivity contribution < 1.29 is 9.53 Å². The number of anilines is 1. The number of pyridine rings is 1. The van der Waals surface area contributed by atoms with Gasteiger partial charge in [-0.2, -0.15) is 0 Å². The van der Waals surface area contributed by atoms with Crippen molar-refractivity contribution in [3.8, 4) is 5.75 Å². The van der Waals surface area contributed by atoms with E-state index >= 15 is 0 Å². The van der Waals surface area contributed by atoms with Gasteiger partial charge in [-0.05, 0) is 23.8 Å². The van der Waals surface area contributed by atoms with Crippen LogP contribution in [0.3, 0.4) is 0 Å². The van der Waals surface area contributed by atoms with E-state index < -0.39 is 0 Å². The van der Waals surface area contributed by atoms with E-state index in [4.69, 9.17) is 16.3 Å². The summed E-state index contributed by atoms with van der Waals surface area (Å²) < 4.78 is 5.13. The van der Waals surface area contributed by atoms with E-state index in [1.54, 1.807) is 13.3 Å². The summed E-state index contributed by atoms with van der Waals surface area (Å²) >= 11 is 6.14. The van der Waals surface area contributed by atoms with Gasteiger partial charge in [-0.25, -0.2) is 4.98 Å². The number of amides is 1. The van der Waals surface area contributed by atoms with Gasteiger partial charge in [0.15, 0.2) is 0 Å². The van der Waals surface area contributed by atoms with Crippen LogP contribution in [0.5, 0.6) is 5.75 Å². The lowest BCUT2D eigenvalue weighted by atomic mass is 10.1. The summed E-state index contributed by atoms with van der Waals surface area (Å²) in [6.45, 7) is 2.93. The second-order valence-electron chi connectivity index (χ2n) is 5.69. The van der Waals surface area contributed by atoms with Crippen molar-refractivity contribution in [1.29, 1.82) is 0 Å². The quantitative estimate of drug-likeness (QED) is 0.854. The van der Waals surface area contributed by atoms with Crippen LogP contribution in [-0.2, 0) is 11.2 Å². The molecular formula is C18H20ClN3O2. The summed E-state index contributed by atoms with van der Waals surface area (Å²) in [5.41, 5.74) is 0.878. The number of carbonyl (C=O) groups excluding carboxylic acids is 1. The SMILES string of the molecule is COc1ccc(N2CCN(C(=O)Cc3ccccc3Cl)CC2)nc1. The van der Waals surface area contributed by atoms with Crippen LogP contribution in [0.4, 0.5) is 5.82 Å². The number of ether oxygens (including phenoxy) is 1. The molecule has 0 radical (unpaired) electrons. The maximum atomic E-state index is 12.5. The molecular weight excluding hydrogens is 326 g/mol. The Morgan fingerprint density at radius 1 is 1.17 bits per heavy atom. The molecule has 3 rings (SSSR count). The van der Waals surface area contributed by atoms with Crippen molar-refractivity contribution >= 4 is 23.3 Å². The third-order valence-electron chi connectivity index (χ3n) is 4.21. The maximum Gasteiger partial charge on any atom is 0.227 e. The Balaban J connectivity index is 1.56. The molecule has 1 aliphatic rings. The molecule has 2 heterocycles. The Morgan fingerprint density at radius 3 is 2.54 bits per heavy atom. The van der Waals surface area contributed by atoms with Crippen LogP contribution < -0.4 is 9.64 Å². The number of halogens is 1. The number of piperazine rings is 1. The summed E-state index contributed by atoms with van der Waals surface area (Å²) in [6.07, 6.45) is 2.06. The molecule has 0 bridgehead atoms. The van der Waals surface area contributed by atoms with E-state index in [1.165, 1.54) is 0 Å². The third kappa shape index (κ3) is 3.79. The van der Waals surface area contributed by atoms with Crippen molar-refractivity contribution in [2.75, 3.05) is 38.2 Å². The minimum atomic E-state index is 0.116. The molecule has 1 aliphatic heterocycles. The molecule has 0 aliphatic carbocycles. The smallest absolute Gasteiger partial charge is 0.227 e. The fourth-order valence-corrected chi connectivity index (χ4v) is 2.98. The first-order chi connectivity index (χ1) is 11.7. The van der Waals surface area contributed by atoms with Crippen molar-refractivity contribution in [3.05, 3.63) is 53.2 Å². The normalized spacial score (nSPS) is 14.6. The van der Waals surface area contributed by atoms with Gasteiger partial charge in [-0.15, -0.1) is 0 Å². The molecule has 0 atom stereocenters. The van der Waals surface area contributed by atoms with Gasteiger partial charge in [0.05, 0.1) is 19.7 Å². The van der Waals surface area contributed by atoms with Crippen LogP contribution in [0.2, 0.25) is 5.02 Å². The lowest BCUT2D eigenvalue weighted by Crippen LogP contribution is -2.49. The topological polar surface area (TPSA) is 45.7 Å². The average molecular weight is 346 g/mol. The van der Waals surface area contributed by atoms with Crippen LogP contribution in [0, 0.1) is 0 Å². The van der Waals surface area contributed by atoms with Gasteiger partial charge >= 0.3 is 0 Å². The summed E-state index contributed by atoms with van der Waals surface area (Å²) in [7, 11) is 1.63. The van der Waals surface area contributed by atoms with Gasteiger partial charge in [0, 0.05) is 31.2 Å². The number of benzene rings is 1. The Morgan fingerprint density at radius 2 is 1.92 bits per heavy atom. The Hall–Kier alpha value is -2.27. The second kappa shape index (κ2) is 7.53. The molecule has 1 aromatic carbocycles. The number of aromatic nitrogens is 1. The number of methoxy groups -OCH3 is 1. The van der Waals surface area contributed by atoms with Gasteiger partial charge in [0.2, 0.25) is 5.91 Å². The molecule has 1 saturated heterocycles. The lowest BCUT2D eigenvalue weighted by Gasteiger charge is -2.35. The van der Waals surface area contributed by atoms with Gasteiger partial charge in [-0.3, -0.25) is 4.79 Å². The monoisotopic (exact) mass is 345 g/mol. The molecule has 0 unspecified atom stereocenters.